The number of nitrogens with zero attached hydrogens (tertiary/aromatic N) is 1. The molecule has 0 aliphatic rings. The number of ketones is 1. The fourth-order valence-corrected chi connectivity index (χ4v) is 3.36. The van der Waals surface area contributed by atoms with Crippen molar-refractivity contribution in [1.82, 2.24) is 0 Å². The lowest BCUT2D eigenvalue weighted by atomic mass is 9.94. The van der Waals surface area contributed by atoms with Gasteiger partial charge in [0, 0.05) is 0 Å². The average molecular weight is 334 g/mol. The van der Waals surface area contributed by atoms with Gasteiger partial charge in [0.25, 0.3) is 0 Å². The van der Waals surface area contributed by atoms with Crippen LogP contribution < -0.4 is 0 Å². The Morgan fingerprint density at radius 1 is 1.37 bits per heavy atom. The van der Waals surface area contributed by atoms with Crippen molar-refractivity contribution in [1.29, 1.82) is 5.26 Å². The van der Waals surface area contributed by atoms with E-state index in [1.54, 1.807) is 0 Å². The van der Waals surface area contributed by atoms with E-state index in [0.29, 0.717) is 4.88 Å². The van der Waals surface area contributed by atoms with Crippen LogP contribution >= 0.6 is 27.3 Å². The summed E-state index contributed by atoms with van der Waals surface area (Å²) in [5.74, 6) is -0.864. The number of benzene rings is 1. The summed E-state index contributed by atoms with van der Waals surface area (Å²) in [6, 6.07) is 11.5. The van der Waals surface area contributed by atoms with Crippen LogP contribution in [0.4, 0.5) is 0 Å². The molecule has 1 aromatic carbocycles. The lowest BCUT2D eigenvalue weighted by Crippen LogP contribution is -2.09. The molecule has 2 rings (SSSR count). The van der Waals surface area contributed by atoms with Crippen molar-refractivity contribution in [2.45, 2.75) is 19.8 Å². The molecule has 0 saturated heterocycles. The molecule has 0 bridgehead atoms. The van der Waals surface area contributed by atoms with E-state index < -0.39 is 5.92 Å². The Labute approximate surface area is 124 Å². The number of halogens is 1. The van der Waals surface area contributed by atoms with Gasteiger partial charge >= 0.3 is 0 Å². The molecule has 0 saturated carbocycles. The van der Waals surface area contributed by atoms with Crippen molar-refractivity contribution in [2.75, 3.05) is 0 Å². The van der Waals surface area contributed by atoms with E-state index in [0.717, 1.165) is 20.5 Å². The van der Waals surface area contributed by atoms with Gasteiger partial charge in [0.05, 0.1) is 14.7 Å². The van der Waals surface area contributed by atoms with Crippen molar-refractivity contribution >= 4 is 33.0 Å². The number of hydrogen-bond donors (Lipinski definition) is 0. The third-order valence-electron chi connectivity index (χ3n) is 2.87. The fourth-order valence-electron chi connectivity index (χ4n) is 1.86. The molecule has 0 amide bonds. The molecule has 1 atom stereocenters. The summed E-state index contributed by atoms with van der Waals surface area (Å²) in [6.45, 7) is 3.89. The molecule has 0 radical (unpaired) electrons. The second-order valence-electron chi connectivity index (χ2n) is 4.41. The maximum atomic E-state index is 12.4. The lowest BCUT2D eigenvalue weighted by Gasteiger charge is -2.07. The van der Waals surface area contributed by atoms with Gasteiger partial charge in [-0.15, -0.1) is 11.3 Å². The normalized spacial score (nSPS) is 11.9. The van der Waals surface area contributed by atoms with Gasteiger partial charge in [-0.25, -0.2) is 0 Å². The molecule has 4 heteroatoms. The molecule has 2 nitrogen and oxygen atoms in total. The van der Waals surface area contributed by atoms with Crippen LogP contribution in [0.3, 0.4) is 0 Å². The topological polar surface area (TPSA) is 40.9 Å². The molecule has 19 heavy (non-hydrogen) atoms. The maximum absolute atomic E-state index is 12.4. The van der Waals surface area contributed by atoms with Gasteiger partial charge in [-0.2, -0.15) is 5.26 Å². The molecular formula is C15H12BrNOS. The summed E-state index contributed by atoms with van der Waals surface area (Å²) < 4.78 is 0.941. The van der Waals surface area contributed by atoms with E-state index in [4.69, 9.17) is 0 Å². The van der Waals surface area contributed by atoms with Crippen molar-refractivity contribution in [3.63, 3.8) is 0 Å². The third kappa shape index (κ3) is 2.94. The minimum Gasteiger partial charge on any atom is -0.291 e. The maximum Gasteiger partial charge on any atom is 0.194 e. The number of hydrogen-bond acceptors (Lipinski definition) is 3. The number of Topliss-reactive ketones (excluding diaryl/α,β-unsaturated/α-hetero) is 1. The smallest absolute Gasteiger partial charge is 0.194 e. The van der Waals surface area contributed by atoms with Gasteiger partial charge < -0.3 is 0 Å². The van der Waals surface area contributed by atoms with Crippen LogP contribution in [0.25, 0.3) is 0 Å². The average Bonchev–Trinajstić information content (AvgIpc) is 2.70. The first kappa shape index (κ1) is 14.0. The zero-order chi connectivity index (χ0) is 14.0. The van der Waals surface area contributed by atoms with Crippen molar-refractivity contribution in [2.24, 2.45) is 0 Å². The number of carbonyl (C=O) groups is 1. The molecule has 0 aliphatic heterocycles. The summed E-state index contributed by atoms with van der Waals surface area (Å²) in [5.41, 5.74) is 2.83. The molecule has 0 aliphatic carbocycles. The predicted octanol–water partition coefficient (Wildman–Crippen LogP) is 4.62. The zero-order valence-corrected chi connectivity index (χ0v) is 13.0. The van der Waals surface area contributed by atoms with Crippen LogP contribution in [0.5, 0.6) is 0 Å². The van der Waals surface area contributed by atoms with Crippen molar-refractivity contribution < 1.29 is 4.79 Å². The monoisotopic (exact) mass is 333 g/mol. The lowest BCUT2D eigenvalue weighted by molar-refractivity contribution is 0.0983. The highest BCUT2D eigenvalue weighted by Crippen LogP contribution is 2.31. The van der Waals surface area contributed by atoms with E-state index in [1.807, 2.05) is 44.2 Å². The van der Waals surface area contributed by atoms with E-state index in [1.165, 1.54) is 11.3 Å². The van der Waals surface area contributed by atoms with Gasteiger partial charge in [-0.1, -0.05) is 29.8 Å². The number of thiophene rings is 1. The van der Waals surface area contributed by atoms with Crippen LogP contribution in [0, 0.1) is 25.2 Å². The summed E-state index contributed by atoms with van der Waals surface area (Å²) in [4.78, 5) is 13.0. The molecule has 1 heterocycles. The molecule has 0 spiro atoms. The minimum atomic E-state index is -0.732. The Balaban J connectivity index is 2.38. The first-order valence-corrected chi connectivity index (χ1v) is 7.40. The summed E-state index contributed by atoms with van der Waals surface area (Å²) in [5, 5.41) is 9.30. The van der Waals surface area contributed by atoms with Gasteiger partial charge in [0.1, 0.15) is 5.92 Å². The highest BCUT2D eigenvalue weighted by Gasteiger charge is 2.23. The van der Waals surface area contributed by atoms with E-state index in [2.05, 4.69) is 22.0 Å². The van der Waals surface area contributed by atoms with Crippen LogP contribution in [-0.2, 0) is 0 Å². The van der Waals surface area contributed by atoms with Gasteiger partial charge in [0.2, 0.25) is 0 Å². The molecular weight excluding hydrogens is 322 g/mol. The van der Waals surface area contributed by atoms with Gasteiger partial charge in [0.15, 0.2) is 5.78 Å². The highest BCUT2D eigenvalue weighted by atomic mass is 79.9. The second-order valence-corrected chi connectivity index (χ2v) is 6.78. The number of rotatable bonds is 3. The van der Waals surface area contributed by atoms with E-state index in [9.17, 15) is 10.1 Å². The fraction of sp³-hybridized carbons (Fsp3) is 0.200. The second kappa shape index (κ2) is 5.68. The Morgan fingerprint density at radius 3 is 2.63 bits per heavy atom. The first-order valence-electron chi connectivity index (χ1n) is 5.79. The Kier molecular flexibility index (Phi) is 4.18. The van der Waals surface area contributed by atoms with Gasteiger partial charge in [-0.3, -0.25) is 4.79 Å². The molecule has 96 valence electrons. The third-order valence-corrected chi connectivity index (χ3v) is 5.02. The minimum absolute atomic E-state index is 0.132. The van der Waals surface area contributed by atoms with E-state index >= 15 is 0 Å². The van der Waals surface area contributed by atoms with E-state index in [-0.39, 0.29) is 5.78 Å². The van der Waals surface area contributed by atoms with Crippen LogP contribution in [0.15, 0.2) is 34.1 Å². The molecule has 1 unspecified atom stereocenters. The first-order chi connectivity index (χ1) is 9.02. The SMILES string of the molecule is Cc1cccc(C(C#N)C(=O)c2cc(C)c(Br)s2)c1. The van der Waals surface area contributed by atoms with Crippen LogP contribution in [0.1, 0.15) is 32.3 Å². The summed E-state index contributed by atoms with van der Waals surface area (Å²) >= 11 is 4.79. The number of aryl methyl sites for hydroxylation is 2. The van der Waals surface area contributed by atoms with Gasteiger partial charge in [-0.05, 0) is 47.0 Å². The largest absolute Gasteiger partial charge is 0.291 e. The standard InChI is InChI=1S/C15H12BrNOS/c1-9-4-3-5-11(6-9)12(8-17)14(18)13-7-10(2)15(16)19-13/h3-7,12H,1-2H3. The van der Waals surface area contributed by atoms with Crippen LogP contribution in [-0.4, -0.2) is 5.78 Å². The number of nitriles is 1. The molecule has 0 fully saturated rings. The summed E-state index contributed by atoms with van der Waals surface area (Å²) in [7, 11) is 0. The highest BCUT2D eigenvalue weighted by molar-refractivity contribution is 9.11. The molecule has 1 aromatic heterocycles. The quantitative estimate of drug-likeness (QED) is 0.769. The Hall–Kier alpha value is -1.44. The zero-order valence-electron chi connectivity index (χ0n) is 10.6. The summed E-state index contributed by atoms with van der Waals surface area (Å²) in [6.07, 6.45) is 0. The number of carbonyl (C=O) groups excluding carboxylic acids is 1. The Morgan fingerprint density at radius 2 is 2.11 bits per heavy atom. The molecule has 0 N–H and O–H groups in total. The van der Waals surface area contributed by atoms with Crippen LogP contribution in [0.2, 0.25) is 0 Å². The predicted molar refractivity (Wildman–Crippen MR) is 80.6 cm³/mol. The molecule has 2 aromatic rings. The van der Waals surface area contributed by atoms with Crippen molar-refractivity contribution in [3.05, 3.63) is 55.7 Å². The Bertz CT molecular complexity index is 650. The van der Waals surface area contributed by atoms with Crippen molar-refractivity contribution in [3.8, 4) is 6.07 Å².